The fourth-order valence-corrected chi connectivity index (χ4v) is 9.98. The van der Waals surface area contributed by atoms with Gasteiger partial charge in [0.25, 0.3) is 11.8 Å². The molecule has 16 nitrogen and oxygen atoms in total. The molecular weight excluding hydrogens is 842 g/mol. The molecule has 5 heterocycles. The molecule has 348 valence electrons. The van der Waals surface area contributed by atoms with Crippen molar-refractivity contribution < 1.29 is 28.4 Å². The van der Waals surface area contributed by atoms with Crippen LogP contribution in [0.4, 0.5) is 38.0 Å². The van der Waals surface area contributed by atoms with Gasteiger partial charge in [0, 0.05) is 82.3 Å². The van der Waals surface area contributed by atoms with Crippen LogP contribution in [0.1, 0.15) is 101 Å². The average Bonchev–Trinajstić information content (AvgIpc) is 3.73. The molecule has 3 N–H and O–H groups in total. The minimum absolute atomic E-state index is 0.0680. The van der Waals surface area contributed by atoms with Crippen molar-refractivity contribution in [3.63, 3.8) is 0 Å². The maximum absolute atomic E-state index is 14.6. The van der Waals surface area contributed by atoms with E-state index in [4.69, 9.17) is 10.7 Å². The van der Waals surface area contributed by atoms with Crippen molar-refractivity contribution in [2.75, 3.05) is 86.0 Å². The number of benzene rings is 3. The van der Waals surface area contributed by atoms with E-state index in [-0.39, 0.29) is 41.2 Å². The fraction of sp³-hybridized carbons (Fsp3) is 0.469. The first kappa shape index (κ1) is 46.1. The van der Waals surface area contributed by atoms with E-state index in [1.807, 2.05) is 36.1 Å². The SMILES string of the molecule is CC(CCC=O)N(C)C(=O)c1ccc(N2CCC(CN3CCC(c4ccc(Nc5nc(N6CCCC(N7CCN(c8ccccc8F)C7=O)C6)nnc5C(N)=O)cc4)CC3)CC2)cc1C=O. The lowest BCUT2D eigenvalue weighted by Crippen LogP contribution is -2.50. The molecule has 4 aliphatic rings. The molecule has 3 aromatic carbocycles. The second-order valence-electron chi connectivity index (χ2n) is 18.1. The van der Waals surface area contributed by atoms with Gasteiger partial charge < -0.3 is 40.3 Å². The first-order valence-electron chi connectivity index (χ1n) is 23.3. The number of nitrogens with one attached hydrogen (secondary N) is 1. The van der Waals surface area contributed by atoms with Crippen LogP contribution in [0.2, 0.25) is 0 Å². The van der Waals surface area contributed by atoms with Gasteiger partial charge in [0.15, 0.2) is 17.8 Å². The number of hydrogen-bond acceptors (Lipinski definition) is 12. The third kappa shape index (κ3) is 10.3. The van der Waals surface area contributed by atoms with Gasteiger partial charge in [0.05, 0.1) is 17.3 Å². The Bertz CT molecular complexity index is 2390. The highest BCUT2D eigenvalue weighted by molar-refractivity contribution is 6.02. The molecule has 4 fully saturated rings. The molecular formula is C49H60FN11O5. The molecule has 0 bridgehead atoms. The number of amides is 4. The number of anilines is 5. The number of halogens is 1. The number of nitrogens with zero attached hydrogens (tertiary/aromatic N) is 9. The third-order valence-electron chi connectivity index (χ3n) is 14.0. The zero-order valence-electron chi connectivity index (χ0n) is 37.9. The van der Waals surface area contributed by atoms with Crippen LogP contribution in [-0.2, 0) is 4.79 Å². The van der Waals surface area contributed by atoms with Gasteiger partial charge in [-0.3, -0.25) is 19.3 Å². The van der Waals surface area contributed by atoms with Gasteiger partial charge in [0.2, 0.25) is 5.95 Å². The summed E-state index contributed by atoms with van der Waals surface area (Å²) in [6.45, 7) is 8.79. The molecule has 17 heteroatoms. The molecule has 2 unspecified atom stereocenters. The van der Waals surface area contributed by atoms with Crippen molar-refractivity contribution in [1.29, 1.82) is 0 Å². The van der Waals surface area contributed by atoms with E-state index in [1.54, 1.807) is 41.1 Å². The number of piperidine rings is 3. The van der Waals surface area contributed by atoms with E-state index in [1.165, 1.54) is 16.5 Å². The number of nitrogens with two attached hydrogens (primary N) is 1. The summed E-state index contributed by atoms with van der Waals surface area (Å²) in [6, 6.07) is 19.6. The average molecular weight is 902 g/mol. The standard InChI is InChI=1S/C49H60FN11O5/c1-33(7-6-28-62)56(2)47(65)41-16-15-39(29-37(41)32-63)58-24-17-34(18-25-58)30-57-22-19-36(20-23-57)35-11-13-38(14-12-35)52-46-44(45(51)64)54-55-48(53-46)59-21-5-8-40(31-59)60-26-27-61(49(60)66)43-10-4-3-9-42(43)50/h3-4,9-16,28-29,32-34,36,40H,5-8,17-27,30-31H2,1-2H3,(H2,51,64)(H,52,53,55). The Morgan fingerprint density at radius 3 is 2.38 bits per heavy atom. The molecule has 0 radical (unpaired) electrons. The molecule has 4 amide bonds. The minimum Gasteiger partial charge on any atom is -0.371 e. The largest absolute Gasteiger partial charge is 0.371 e. The number of likely N-dealkylation sites (tertiary alicyclic amines) is 1. The topological polar surface area (TPSA) is 182 Å². The number of carbonyl (C=O) groups is 5. The van der Waals surface area contributed by atoms with E-state index in [0.29, 0.717) is 67.9 Å². The Kier molecular flexibility index (Phi) is 14.5. The maximum atomic E-state index is 14.6. The van der Waals surface area contributed by atoms with Gasteiger partial charge in [-0.25, -0.2) is 9.18 Å². The van der Waals surface area contributed by atoms with Crippen molar-refractivity contribution in [1.82, 2.24) is 29.9 Å². The van der Waals surface area contributed by atoms with Crippen molar-refractivity contribution in [2.24, 2.45) is 11.7 Å². The van der Waals surface area contributed by atoms with E-state index >= 15 is 0 Å². The van der Waals surface area contributed by atoms with Crippen molar-refractivity contribution >= 4 is 59.2 Å². The van der Waals surface area contributed by atoms with Gasteiger partial charge in [0.1, 0.15) is 12.1 Å². The second-order valence-corrected chi connectivity index (χ2v) is 18.1. The van der Waals surface area contributed by atoms with Crippen molar-refractivity contribution in [2.45, 2.75) is 76.3 Å². The van der Waals surface area contributed by atoms with Crippen LogP contribution in [0.3, 0.4) is 0 Å². The number of rotatable bonds is 16. The highest BCUT2D eigenvalue weighted by atomic mass is 19.1. The lowest BCUT2D eigenvalue weighted by atomic mass is 9.88. The van der Waals surface area contributed by atoms with Gasteiger partial charge >= 0.3 is 6.03 Å². The van der Waals surface area contributed by atoms with Gasteiger partial charge in [-0.05, 0) is 125 Å². The lowest BCUT2D eigenvalue weighted by Gasteiger charge is -2.38. The van der Waals surface area contributed by atoms with Gasteiger partial charge in [-0.15, -0.1) is 10.2 Å². The summed E-state index contributed by atoms with van der Waals surface area (Å²) >= 11 is 0. The van der Waals surface area contributed by atoms with Crippen LogP contribution in [-0.4, -0.2) is 138 Å². The molecule has 0 saturated carbocycles. The Balaban J connectivity index is 0.814. The van der Waals surface area contributed by atoms with Crippen LogP contribution in [0.25, 0.3) is 0 Å². The summed E-state index contributed by atoms with van der Waals surface area (Å²) in [7, 11) is 1.71. The molecule has 1 aromatic heterocycles. The van der Waals surface area contributed by atoms with Crippen molar-refractivity contribution in [3.05, 3.63) is 94.9 Å². The number of primary amides is 1. The highest BCUT2D eigenvalue weighted by Crippen LogP contribution is 2.33. The van der Waals surface area contributed by atoms with Crippen LogP contribution in [0, 0.1) is 11.7 Å². The fourth-order valence-electron chi connectivity index (χ4n) is 9.98. The second kappa shape index (κ2) is 20.8. The van der Waals surface area contributed by atoms with E-state index in [9.17, 15) is 28.4 Å². The highest BCUT2D eigenvalue weighted by Gasteiger charge is 2.38. The Hall–Kier alpha value is -6.49. The molecule has 2 atom stereocenters. The Morgan fingerprint density at radius 1 is 0.909 bits per heavy atom. The molecule has 4 aromatic rings. The molecule has 66 heavy (non-hydrogen) atoms. The molecule has 4 saturated heterocycles. The summed E-state index contributed by atoms with van der Waals surface area (Å²) in [5.41, 5.74) is 9.64. The Morgan fingerprint density at radius 2 is 1.67 bits per heavy atom. The first-order valence-corrected chi connectivity index (χ1v) is 23.3. The normalized spacial score (nSPS) is 19.2. The Labute approximate surface area is 385 Å². The summed E-state index contributed by atoms with van der Waals surface area (Å²) in [5.74, 6) is 0.159. The zero-order valence-corrected chi connectivity index (χ0v) is 37.9. The van der Waals surface area contributed by atoms with Crippen LogP contribution in [0.5, 0.6) is 0 Å². The molecule has 0 spiro atoms. The lowest BCUT2D eigenvalue weighted by molar-refractivity contribution is -0.108. The molecule has 4 aliphatic heterocycles. The monoisotopic (exact) mass is 901 g/mol. The smallest absolute Gasteiger partial charge is 0.325 e. The van der Waals surface area contributed by atoms with E-state index < -0.39 is 11.7 Å². The molecule has 0 aliphatic carbocycles. The number of carbonyl (C=O) groups excluding carboxylic acids is 5. The third-order valence-corrected chi connectivity index (χ3v) is 14.0. The van der Waals surface area contributed by atoms with Gasteiger partial charge in [-0.2, -0.15) is 4.98 Å². The van der Waals surface area contributed by atoms with E-state index in [0.717, 1.165) is 95.2 Å². The maximum Gasteiger partial charge on any atom is 0.325 e. The number of para-hydroxylation sites is 1. The van der Waals surface area contributed by atoms with E-state index in [2.05, 4.69) is 37.4 Å². The van der Waals surface area contributed by atoms with Gasteiger partial charge in [-0.1, -0.05) is 24.3 Å². The predicted molar refractivity (Wildman–Crippen MR) is 251 cm³/mol. The summed E-state index contributed by atoms with van der Waals surface area (Å²) in [5, 5.41) is 11.7. The summed E-state index contributed by atoms with van der Waals surface area (Å²) < 4.78 is 14.6. The van der Waals surface area contributed by atoms with Crippen LogP contribution >= 0.6 is 0 Å². The number of aldehydes is 2. The van der Waals surface area contributed by atoms with Crippen LogP contribution < -0.4 is 25.8 Å². The van der Waals surface area contributed by atoms with Crippen LogP contribution in [0.15, 0.2) is 66.7 Å². The predicted octanol–water partition coefficient (Wildman–Crippen LogP) is 6.11. The number of urea groups is 1. The molecule has 8 rings (SSSR count). The quantitative estimate of drug-likeness (QED) is 0.123. The summed E-state index contributed by atoms with van der Waals surface area (Å²) in [6.07, 6.45) is 8.37. The number of hydrogen-bond donors (Lipinski definition) is 2. The van der Waals surface area contributed by atoms with Crippen molar-refractivity contribution in [3.8, 4) is 0 Å². The zero-order chi connectivity index (χ0) is 46.3. The first-order chi connectivity index (χ1) is 32.0. The minimum atomic E-state index is -0.749. The number of aromatic nitrogens is 3. The summed E-state index contributed by atoms with van der Waals surface area (Å²) in [4.78, 5) is 78.5.